The SMILES string of the molecule is C[C@@H](NC(=O)c1cccc(NC2(C(N)=NC(=N)c3ccncc3)CCNCC2)c1)c1cccc(OCCCCCCOCCOCCOCCCC(=O)N2CCN(c3ccc4c(c3)CN(C3CCC(=O)NC3=O)C4=O)CC2)c1. The van der Waals surface area contributed by atoms with Gasteiger partial charge in [0.2, 0.25) is 17.7 Å². The van der Waals surface area contributed by atoms with Gasteiger partial charge in [0, 0.05) is 99.2 Å². The van der Waals surface area contributed by atoms with Crippen molar-refractivity contribution in [3.8, 4) is 5.75 Å². The number of carbonyl (C=O) groups excluding carboxylic acids is 5. The van der Waals surface area contributed by atoms with Crippen molar-refractivity contribution in [3.63, 3.8) is 0 Å². The Hall–Kier alpha value is -7.26. The number of nitrogens with two attached hydrogens (primary N) is 1. The predicted molar refractivity (Wildman–Crippen MR) is 297 cm³/mol. The van der Waals surface area contributed by atoms with Crippen LogP contribution < -0.4 is 36.6 Å². The van der Waals surface area contributed by atoms with Crippen molar-refractivity contribution in [3.05, 3.63) is 119 Å². The van der Waals surface area contributed by atoms with Crippen molar-refractivity contribution in [1.82, 2.24) is 30.7 Å². The summed E-state index contributed by atoms with van der Waals surface area (Å²) >= 11 is 0. The molecule has 4 aliphatic rings. The van der Waals surface area contributed by atoms with E-state index in [9.17, 15) is 24.0 Å². The summed E-state index contributed by atoms with van der Waals surface area (Å²) in [6.07, 6.45) is 10.1. The summed E-state index contributed by atoms with van der Waals surface area (Å²) in [5.41, 5.74) is 11.2. The lowest BCUT2D eigenvalue weighted by Gasteiger charge is -2.38. The van der Waals surface area contributed by atoms with E-state index >= 15 is 0 Å². The third kappa shape index (κ3) is 15.7. The van der Waals surface area contributed by atoms with Gasteiger partial charge >= 0.3 is 0 Å². The second-order valence-electron chi connectivity index (χ2n) is 20.2. The number of piperidine rings is 2. The maximum Gasteiger partial charge on any atom is 0.255 e. The van der Waals surface area contributed by atoms with Crippen molar-refractivity contribution < 1.29 is 42.9 Å². The lowest BCUT2D eigenvalue weighted by atomic mass is 9.86. The van der Waals surface area contributed by atoms with Gasteiger partial charge in [-0.3, -0.25) is 39.7 Å². The number of piperazine rings is 1. The van der Waals surface area contributed by atoms with Gasteiger partial charge in [0.25, 0.3) is 11.8 Å². The fraction of sp³-hybridized carbons (Fsp3) is 0.483. The van der Waals surface area contributed by atoms with Crippen LogP contribution in [0.2, 0.25) is 0 Å². The van der Waals surface area contributed by atoms with Crippen molar-refractivity contribution >= 4 is 52.6 Å². The molecule has 20 heteroatoms. The Kier molecular flexibility index (Phi) is 20.7. The van der Waals surface area contributed by atoms with Crippen LogP contribution in [0.3, 0.4) is 0 Å². The lowest BCUT2D eigenvalue weighted by Crippen LogP contribution is -2.56. The minimum absolute atomic E-state index is 0.0655. The number of aliphatic imine (C=N–C) groups is 1. The smallest absolute Gasteiger partial charge is 0.255 e. The van der Waals surface area contributed by atoms with Crippen LogP contribution in [0, 0.1) is 5.41 Å². The zero-order chi connectivity index (χ0) is 54.7. The number of unbranched alkanes of at least 4 members (excludes halogenated alkanes) is 3. The molecule has 8 rings (SSSR count). The normalized spacial score (nSPS) is 17.8. The first-order valence-electron chi connectivity index (χ1n) is 27.5. The molecule has 0 saturated carbocycles. The molecule has 4 aliphatic heterocycles. The van der Waals surface area contributed by atoms with Gasteiger partial charge in [0.05, 0.1) is 44.6 Å². The summed E-state index contributed by atoms with van der Waals surface area (Å²) < 4.78 is 23.2. The van der Waals surface area contributed by atoms with Crippen LogP contribution >= 0.6 is 0 Å². The second-order valence-corrected chi connectivity index (χ2v) is 20.2. The molecule has 5 amide bonds. The van der Waals surface area contributed by atoms with E-state index in [0.717, 1.165) is 67.0 Å². The molecule has 0 radical (unpaired) electrons. The maximum absolute atomic E-state index is 13.5. The number of hydrogen-bond donors (Lipinski definition) is 6. The van der Waals surface area contributed by atoms with Crippen LogP contribution in [0.15, 0.2) is 96.2 Å². The highest BCUT2D eigenvalue weighted by Gasteiger charge is 2.40. The summed E-state index contributed by atoms with van der Waals surface area (Å²) in [5.74, 6) is 0.150. The summed E-state index contributed by atoms with van der Waals surface area (Å²) in [6.45, 7) is 10.0. The molecule has 416 valence electrons. The van der Waals surface area contributed by atoms with Crippen LogP contribution in [-0.2, 0) is 35.1 Å². The molecule has 3 aromatic carbocycles. The van der Waals surface area contributed by atoms with Gasteiger partial charge in [-0.1, -0.05) is 24.6 Å². The first-order chi connectivity index (χ1) is 38.0. The Morgan fingerprint density at radius 3 is 2.27 bits per heavy atom. The molecule has 1 unspecified atom stereocenters. The Labute approximate surface area is 456 Å². The number of anilines is 2. The number of nitrogens with one attached hydrogen (secondary N) is 5. The quantitative estimate of drug-likeness (QED) is 0.0190. The number of nitrogens with zero attached hydrogens (tertiary/aromatic N) is 5. The van der Waals surface area contributed by atoms with E-state index in [2.05, 4.69) is 36.1 Å². The first-order valence-corrected chi connectivity index (χ1v) is 27.5. The van der Waals surface area contributed by atoms with Gasteiger partial charge in [0.1, 0.15) is 17.6 Å². The topological polar surface area (TPSA) is 255 Å². The average molecular weight is 1070 g/mol. The van der Waals surface area contributed by atoms with Crippen molar-refractivity contribution in [2.24, 2.45) is 10.7 Å². The highest BCUT2D eigenvalue weighted by molar-refractivity contribution is 6.08. The van der Waals surface area contributed by atoms with Gasteiger partial charge in [-0.05, 0) is 137 Å². The summed E-state index contributed by atoms with van der Waals surface area (Å²) in [4.78, 5) is 77.8. The summed E-state index contributed by atoms with van der Waals surface area (Å²) in [6, 6.07) is 23.5. The molecule has 4 aromatic rings. The van der Waals surface area contributed by atoms with Gasteiger partial charge in [-0.2, -0.15) is 0 Å². The standard InChI is InChI=1S/C58H75N11O9/c1-41(63-54(72)44-10-6-11-46(37-44)66-58(20-24-62-25-21-58)57(60)65-53(59)42-18-22-61-23-19-42)43-9-7-12-48(39-43)78-32-5-3-2-4-30-75-33-35-77-36-34-76-31-8-13-52(71)68-28-26-67(27-29-68)47-14-15-49-45(38-47)40-69(56(49)74)50-16-17-51(70)64-55(50)73/h6-7,9-12,14-15,18-19,22-23,37-39,41,50,62,66H,2-5,8,13,16-17,20-21,24-36,40H2,1H3,(H,63,72)(H3,59,60,65)(H,64,70,73)/t41-,50?/m1/s1. The molecular formula is C58H75N11O9. The molecule has 0 aliphatic carbocycles. The third-order valence-corrected chi connectivity index (χ3v) is 14.7. The van der Waals surface area contributed by atoms with E-state index in [1.807, 2.05) is 72.5 Å². The third-order valence-electron chi connectivity index (χ3n) is 14.7. The fourth-order valence-corrected chi connectivity index (χ4v) is 10.2. The van der Waals surface area contributed by atoms with E-state index in [4.69, 9.17) is 30.1 Å². The number of ether oxygens (including phenoxy) is 4. The number of benzene rings is 3. The Morgan fingerprint density at radius 2 is 1.53 bits per heavy atom. The minimum atomic E-state index is -0.690. The number of rotatable bonds is 27. The Balaban J connectivity index is 0.621. The van der Waals surface area contributed by atoms with Crippen molar-refractivity contribution in [2.45, 2.75) is 95.3 Å². The molecule has 7 N–H and O–H groups in total. The zero-order valence-electron chi connectivity index (χ0n) is 44.8. The largest absolute Gasteiger partial charge is 0.494 e. The summed E-state index contributed by atoms with van der Waals surface area (Å²) in [7, 11) is 0. The second kappa shape index (κ2) is 28.4. The fourth-order valence-electron chi connectivity index (χ4n) is 10.2. The van der Waals surface area contributed by atoms with Gasteiger partial charge in [0.15, 0.2) is 5.84 Å². The van der Waals surface area contributed by atoms with Crippen LogP contribution in [0.1, 0.15) is 115 Å². The first kappa shape index (κ1) is 56.9. The molecule has 78 heavy (non-hydrogen) atoms. The van der Waals surface area contributed by atoms with Crippen LogP contribution in [0.25, 0.3) is 0 Å². The molecule has 2 atom stereocenters. The summed E-state index contributed by atoms with van der Waals surface area (Å²) in [5, 5.41) is 21.0. The van der Waals surface area contributed by atoms with E-state index < -0.39 is 17.5 Å². The maximum atomic E-state index is 13.5. The van der Waals surface area contributed by atoms with E-state index in [1.54, 1.807) is 35.5 Å². The Morgan fingerprint density at radius 1 is 0.821 bits per heavy atom. The number of fused-ring (bicyclic) bond motifs is 1. The number of carbonyl (C=O) groups is 5. The molecular weight excluding hydrogens is 995 g/mol. The number of amidine groups is 2. The average Bonchev–Trinajstić information content (AvgIpc) is 3.93. The molecule has 5 heterocycles. The highest BCUT2D eigenvalue weighted by Crippen LogP contribution is 2.32. The number of amides is 5. The highest BCUT2D eigenvalue weighted by atomic mass is 16.5. The van der Waals surface area contributed by atoms with E-state index in [1.165, 1.54) is 0 Å². The molecule has 1 aromatic heterocycles. The van der Waals surface area contributed by atoms with Gasteiger partial charge < -0.3 is 55.3 Å². The van der Waals surface area contributed by atoms with Crippen LogP contribution in [-0.4, -0.2) is 153 Å². The number of pyridine rings is 1. The lowest BCUT2D eigenvalue weighted by molar-refractivity contribution is -0.137. The van der Waals surface area contributed by atoms with E-state index in [-0.39, 0.29) is 41.9 Å². The molecule has 20 nitrogen and oxygen atoms in total. The monoisotopic (exact) mass is 1070 g/mol. The predicted octanol–water partition coefficient (Wildman–Crippen LogP) is 5.37. The molecule has 0 spiro atoms. The van der Waals surface area contributed by atoms with Crippen molar-refractivity contribution in [2.75, 3.05) is 95.7 Å². The minimum Gasteiger partial charge on any atom is -0.494 e. The molecule has 3 fully saturated rings. The number of hydrogen-bond acceptors (Lipinski definition) is 14. The molecule has 0 bridgehead atoms. The van der Waals surface area contributed by atoms with Crippen molar-refractivity contribution in [1.29, 1.82) is 5.41 Å². The zero-order valence-corrected chi connectivity index (χ0v) is 44.8. The number of aromatic nitrogens is 1. The number of imide groups is 1. The Bertz CT molecular complexity index is 2730. The van der Waals surface area contributed by atoms with Crippen LogP contribution in [0.4, 0.5) is 11.4 Å². The van der Waals surface area contributed by atoms with Crippen LogP contribution in [0.5, 0.6) is 5.75 Å². The van der Waals surface area contributed by atoms with Gasteiger partial charge in [-0.25, -0.2) is 4.99 Å². The van der Waals surface area contributed by atoms with Gasteiger partial charge in [-0.15, -0.1) is 0 Å². The van der Waals surface area contributed by atoms with E-state index in [0.29, 0.717) is 134 Å². The molecule has 3 saturated heterocycles.